The third kappa shape index (κ3) is 4.06. The van der Waals surface area contributed by atoms with Crippen LogP contribution < -0.4 is 5.73 Å². The van der Waals surface area contributed by atoms with Crippen molar-refractivity contribution in [3.05, 3.63) is 59.7 Å². The molecule has 0 aliphatic rings. The molecule has 0 aliphatic heterocycles. The van der Waals surface area contributed by atoms with Crippen LogP contribution in [0.5, 0.6) is 0 Å². The van der Waals surface area contributed by atoms with Gasteiger partial charge in [0.05, 0.1) is 6.10 Å². The lowest BCUT2D eigenvalue weighted by molar-refractivity contribution is 0.199. The van der Waals surface area contributed by atoms with Gasteiger partial charge in [0.1, 0.15) is 0 Å². The van der Waals surface area contributed by atoms with E-state index in [4.69, 9.17) is 5.73 Å². The highest BCUT2D eigenvalue weighted by atomic mass is 35.5. The Morgan fingerprint density at radius 1 is 1.05 bits per heavy atom. The summed E-state index contributed by atoms with van der Waals surface area (Å²) in [4.78, 5) is 0. The number of hydrogen-bond donors (Lipinski definition) is 2. The highest BCUT2D eigenvalue weighted by molar-refractivity contribution is 5.85. The van der Waals surface area contributed by atoms with Gasteiger partial charge in [-0.3, -0.25) is 0 Å². The van der Waals surface area contributed by atoms with Gasteiger partial charge in [-0.05, 0) is 48.2 Å². The Kier molecular flexibility index (Phi) is 6.03. The zero-order valence-electron chi connectivity index (χ0n) is 11.0. The summed E-state index contributed by atoms with van der Waals surface area (Å²) in [5.41, 5.74) is 10.1. The Morgan fingerprint density at radius 2 is 1.68 bits per heavy atom. The first-order valence-corrected chi connectivity index (χ1v) is 6.28. The summed E-state index contributed by atoms with van der Waals surface area (Å²) in [5.74, 6) is 0. The van der Waals surface area contributed by atoms with Crippen molar-refractivity contribution >= 4 is 12.4 Å². The second kappa shape index (κ2) is 7.29. The molecule has 2 aromatic rings. The predicted octanol–water partition coefficient (Wildman–Crippen LogP) is 3.33. The lowest BCUT2D eigenvalue weighted by Crippen LogP contribution is -2.02. The molecule has 0 radical (unpaired) electrons. The van der Waals surface area contributed by atoms with Crippen LogP contribution in [0.4, 0.5) is 0 Å². The van der Waals surface area contributed by atoms with E-state index < -0.39 is 6.10 Å². The second-order valence-electron chi connectivity index (χ2n) is 4.54. The second-order valence-corrected chi connectivity index (χ2v) is 4.54. The molecule has 2 nitrogen and oxygen atoms in total. The fourth-order valence-electron chi connectivity index (χ4n) is 2.05. The number of aliphatic hydroxyl groups excluding tert-OH is 1. The normalized spacial score (nSPS) is 11.7. The Hall–Kier alpha value is -1.35. The molecule has 1 unspecified atom stereocenters. The van der Waals surface area contributed by atoms with Crippen molar-refractivity contribution in [2.75, 3.05) is 6.54 Å². The van der Waals surface area contributed by atoms with Gasteiger partial charge < -0.3 is 10.8 Å². The van der Waals surface area contributed by atoms with Crippen LogP contribution in [-0.4, -0.2) is 11.7 Å². The quantitative estimate of drug-likeness (QED) is 0.900. The van der Waals surface area contributed by atoms with Gasteiger partial charge in [-0.1, -0.05) is 42.5 Å². The van der Waals surface area contributed by atoms with Crippen LogP contribution in [0.25, 0.3) is 11.1 Å². The number of halogens is 1. The molecule has 2 aromatic carbocycles. The zero-order chi connectivity index (χ0) is 13.0. The van der Waals surface area contributed by atoms with Gasteiger partial charge in [0.25, 0.3) is 0 Å². The van der Waals surface area contributed by atoms with Crippen molar-refractivity contribution in [1.82, 2.24) is 0 Å². The van der Waals surface area contributed by atoms with E-state index in [1.165, 1.54) is 11.1 Å². The Morgan fingerprint density at radius 3 is 2.32 bits per heavy atom. The minimum Gasteiger partial charge on any atom is -0.389 e. The number of rotatable bonds is 4. The maximum Gasteiger partial charge on any atom is 0.0762 e. The van der Waals surface area contributed by atoms with E-state index in [0.29, 0.717) is 6.54 Å². The summed E-state index contributed by atoms with van der Waals surface area (Å²) >= 11 is 0. The number of benzene rings is 2. The maximum atomic E-state index is 9.62. The van der Waals surface area contributed by atoms with Crippen LogP contribution in [0.1, 0.15) is 24.2 Å². The van der Waals surface area contributed by atoms with Crippen molar-refractivity contribution in [3.63, 3.8) is 0 Å². The monoisotopic (exact) mass is 277 g/mol. The molecular weight excluding hydrogens is 258 g/mol. The average Bonchev–Trinajstić information content (AvgIpc) is 2.39. The first-order valence-electron chi connectivity index (χ1n) is 6.28. The highest BCUT2D eigenvalue weighted by Crippen LogP contribution is 2.24. The van der Waals surface area contributed by atoms with Crippen molar-refractivity contribution in [3.8, 4) is 11.1 Å². The van der Waals surface area contributed by atoms with E-state index in [2.05, 4.69) is 30.3 Å². The molecule has 0 saturated heterocycles. The molecule has 1 atom stereocenters. The molecular formula is C16H20ClNO. The summed E-state index contributed by atoms with van der Waals surface area (Å²) < 4.78 is 0. The van der Waals surface area contributed by atoms with Crippen molar-refractivity contribution < 1.29 is 5.11 Å². The first-order chi connectivity index (χ1) is 8.70. The van der Waals surface area contributed by atoms with Crippen LogP contribution in [0.3, 0.4) is 0 Å². The average molecular weight is 278 g/mol. The molecule has 0 heterocycles. The van der Waals surface area contributed by atoms with Gasteiger partial charge in [0, 0.05) is 0 Å². The Bertz CT molecular complexity index is 526. The van der Waals surface area contributed by atoms with Gasteiger partial charge in [0.2, 0.25) is 0 Å². The van der Waals surface area contributed by atoms with Crippen LogP contribution in [0.2, 0.25) is 0 Å². The SMILES string of the molecule is CC(O)c1cccc(-c2cccc(CCN)c2)c1.Cl. The van der Waals surface area contributed by atoms with Crippen molar-refractivity contribution in [2.45, 2.75) is 19.4 Å². The van der Waals surface area contributed by atoms with Crippen LogP contribution in [0.15, 0.2) is 48.5 Å². The highest BCUT2D eigenvalue weighted by Gasteiger charge is 2.04. The van der Waals surface area contributed by atoms with Gasteiger partial charge in [-0.2, -0.15) is 0 Å². The summed E-state index contributed by atoms with van der Waals surface area (Å²) in [7, 11) is 0. The number of hydrogen-bond acceptors (Lipinski definition) is 2. The maximum absolute atomic E-state index is 9.62. The van der Waals surface area contributed by atoms with E-state index in [1.54, 1.807) is 6.92 Å². The predicted molar refractivity (Wildman–Crippen MR) is 82.5 cm³/mol. The van der Waals surface area contributed by atoms with Crippen LogP contribution in [0, 0.1) is 0 Å². The third-order valence-corrected chi connectivity index (χ3v) is 3.06. The zero-order valence-corrected chi connectivity index (χ0v) is 11.9. The molecule has 0 amide bonds. The standard InChI is InChI=1S/C16H19NO.ClH/c1-12(18)14-5-3-7-16(11-14)15-6-2-4-13(10-15)8-9-17;/h2-7,10-12,18H,8-9,17H2,1H3;1H. The van der Waals surface area contributed by atoms with Gasteiger partial charge >= 0.3 is 0 Å². The fourth-order valence-corrected chi connectivity index (χ4v) is 2.05. The molecule has 0 saturated carbocycles. The molecule has 102 valence electrons. The summed E-state index contributed by atoms with van der Waals surface area (Å²) in [6, 6.07) is 16.4. The molecule has 0 fully saturated rings. The molecule has 3 heteroatoms. The third-order valence-electron chi connectivity index (χ3n) is 3.06. The van der Waals surface area contributed by atoms with E-state index in [1.807, 2.05) is 18.2 Å². The van der Waals surface area contributed by atoms with Crippen LogP contribution >= 0.6 is 12.4 Å². The van der Waals surface area contributed by atoms with Crippen molar-refractivity contribution in [2.24, 2.45) is 5.73 Å². The molecule has 0 bridgehead atoms. The largest absolute Gasteiger partial charge is 0.389 e. The topological polar surface area (TPSA) is 46.2 Å². The molecule has 19 heavy (non-hydrogen) atoms. The van der Waals surface area contributed by atoms with E-state index in [9.17, 15) is 5.11 Å². The fraction of sp³-hybridized carbons (Fsp3) is 0.250. The summed E-state index contributed by atoms with van der Waals surface area (Å²) in [6.45, 7) is 2.45. The summed E-state index contributed by atoms with van der Waals surface area (Å²) in [6.07, 6.45) is 0.460. The minimum absolute atomic E-state index is 0. The van der Waals surface area contributed by atoms with E-state index in [0.717, 1.165) is 17.5 Å². The van der Waals surface area contributed by atoms with E-state index in [-0.39, 0.29) is 12.4 Å². The van der Waals surface area contributed by atoms with Gasteiger partial charge in [-0.15, -0.1) is 12.4 Å². The molecule has 0 spiro atoms. The lowest BCUT2D eigenvalue weighted by atomic mass is 9.99. The Balaban J connectivity index is 0.00000180. The van der Waals surface area contributed by atoms with Crippen molar-refractivity contribution in [1.29, 1.82) is 0 Å². The molecule has 3 N–H and O–H groups in total. The Labute approximate surface area is 120 Å². The smallest absolute Gasteiger partial charge is 0.0762 e. The molecule has 0 aromatic heterocycles. The van der Waals surface area contributed by atoms with Crippen LogP contribution in [-0.2, 0) is 6.42 Å². The minimum atomic E-state index is -0.433. The first kappa shape index (κ1) is 15.7. The number of aliphatic hydroxyl groups is 1. The lowest BCUT2D eigenvalue weighted by Gasteiger charge is -2.09. The number of nitrogens with two attached hydrogens (primary N) is 1. The van der Waals surface area contributed by atoms with E-state index >= 15 is 0 Å². The summed E-state index contributed by atoms with van der Waals surface area (Å²) in [5, 5.41) is 9.62. The van der Waals surface area contributed by atoms with Gasteiger partial charge in [-0.25, -0.2) is 0 Å². The van der Waals surface area contributed by atoms with Gasteiger partial charge in [0.15, 0.2) is 0 Å². The molecule has 0 aliphatic carbocycles. The molecule has 2 rings (SSSR count).